The van der Waals surface area contributed by atoms with E-state index in [0.717, 1.165) is 54.8 Å². The summed E-state index contributed by atoms with van der Waals surface area (Å²) in [6.45, 7) is 7.05. The zero-order valence-electron chi connectivity index (χ0n) is 11.2. The number of nitrogens with zero attached hydrogens (tertiary/aromatic N) is 2. The first-order valence-electron chi connectivity index (χ1n) is 6.70. The number of imidazole rings is 1. The molecule has 2 aromatic rings. The van der Waals surface area contributed by atoms with E-state index in [1.54, 1.807) is 11.8 Å². The normalized spacial score (nSPS) is 17.1. The molecule has 0 amide bonds. The molecular weight excluding hydrogens is 258 g/mol. The number of morpholine rings is 1. The molecule has 3 rings (SSSR count). The minimum atomic E-state index is 0.870. The Balaban J connectivity index is 1.56. The predicted molar refractivity (Wildman–Crippen MR) is 78.8 cm³/mol. The van der Waals surface area contributed by atoms with Crippen molar-refractivity contribution >= 4 is 22.8 Å². The van der Waals surface area contributed by atoms with Crippen LogP contribution < -0.4 is 0 Å². The zero-order chi connectivity index (χ0) is 13.1. The molecule has 5 heteroatoms. The number of benzene rings is 1. The second-order valence-corrected chi connectivity index (χ2v) is 5.95. The number of aromatic nitrogens is 2. The smallest absolute Gasteiger partial charge is 0.166 e. The Labute approximate surface area is 117 Å². The van der Waals surface area contributed by atoms with Crippen LogP contribution in [0.2, 0.25) is 0 Å². The van der Waals surface area contributed by atoms with Crippen molar-refractivity contribution in [2.24, 2.45) is 0 Å². The monoisotopic (exact) mass is 277 g/mol. The summed E-state index contributed by atoms with van der Waals surface area (Å²) in [6.07, 6.45) is 0. The summed E-state index contributed by atoms with van der Waals surface area (Å²) in [4.78, 5) is 10.4. The van der Waals surface area contributed by atoms with Crippen molar-refractivity contribution in [1.29, 1.82) is 0 Å². The van der Waals surface area contributed by atoms with Crippen LogP contribution in [0, 0.1) is 6.92 Å². The van der Waals surface area contributed by atoms with Crippen molar-refractivity contribution in [1.82, 2.24) is 14.9 Å². The highest BCUT2D eigenvalue weighted by atomic mass is 32.2. The number of hydrogen-bond donors (Lipinski definition) is 1. The number of fused-ring (bicyclic) bond motifs is 1. The lowest BCUT2D eigenvalue weighted by molar-refractivity contribution is 0.0410. The van der Waals surface area contributed by atoms with Gasteiger partial charge >= 0.3 is 0 Å². The van der Waals surface area contributed by atoms with Crippen LogP contribution in [0.1, 0.15) is 5.56 Å². The number of aromatic amines is 1. The molecule has 0 saturated carbocycles. The van der Waals surface area contributed by atoms with Gasteiger partial charge in [-0.25, -0.2) is 4.98 Å². The molecule has 0 spiro atoms. The number of ether oxygens (including phenoxy) is 1. The molecule has 1 aromatic heterocycles. The van der Waals surface area contributed by atoms with Crippen molar-refractivity contribution in [3.63, 3.8) is 0 Å². The summed E-state index contributed by atoms with van der Waals surface area (Å²) in [5.74, 6) is 1.07. The summed E-state index contributed by atoms with van der Waals surface area (Å²) in [7, 11) is 0. The molecule has 0 bridgehead atoms. The molecule has 1 fully saturated rings. The van der Waals surface area contributed by atoms with Crippen LogP contribution in [-0.4, -0.2) is 53.5 Å². The van der Waals surface area contributed by atoms with Gasteiger partial charge in [-0.15, -0.1) is 0 Å². The molecule has 1 aliphatic rings. The zero-order valence-corrected chi connectivity index (χ0v) is 12.0. The number of aryl methyl sites for hydroxylation is 1. The first-order chi connectivity index (χ1) is 9.31. The van der Waals surface area contributed by atoms with Gasteiger partial charge in [-0.05, 0) is 24.6 Å². The van der Waals surface area contributed by atoms with Gasteiger partial charge in [-0.2, -0.15) is 0 Å². The van der Waals surface area contributed by atoms with Gasteiger partial charge in [0, 0.05) is 25.4 Å². The van der Waals surface area contributed by atoms with E-state index in [9.17, 15) is 0 Å². The van der Waals surface area contributed by atoms with Crippen LogP contribution in [-0.2, 0) is 4.74 Å². The average Bonchev–Trinajstić information content (AvgIpc) is 2.82. The number of H-pyrrole nitrogens is 1. The maximum atomic E-state index is 5.35. The van der Waals surface area contributed by atoms with Gasteiger partial charge in [0.25, 0.3) is 0 Å². The quantitative estimate of drug-likeness (QED) is 0.871. The van der Waals surface area contributed by atoms with Gasteiger partial charge < -0.3 is 9.72 Å². The summed E-state index contributed by atoms with van der Waals surface area (Å²) in [6, 6.07) is 6.33. The molecular formula is C14H19N3OS. The van der Waals surface area contributed by atoms with Crippen LogP contribution in [0.3, 0.4) is 0 Å². The van der Waals surface area contributed by atoms with Gasteiger partial charge in [0.15, 0.2) is 5.16 Å². The second-order valence-electron chi connectivity index (χ2n) is 4.87. The Hall–Kier alpha value is -1.04. The molecule has 4 nitrogen and oxygen atoms in total. The van der Waals surface area contributed by atoms with E-state index in [4.69, 9.17) is 4.74 Å². The average molecular weight is 277 g/mol. The molecule has 19 heavy (non-hydrogen) atoms. The van der Waals surface area contributed by atoms with Crippen molar-refractivity contribution in [2.75, 3.05) is 38.6 Å². The fraction of sp³-hybridized carbons (Fsp3) is 0.500. The molecule has 1 N–H and O–H groups in total. The molecule has 1 saturated heterocycles. The predicted octanol–water partition coefficient (Wildman–Crippen LogP) is 2.30. The lowest BCUT2D eigenvalue weighted by atomic mass is 10.2. The Morgan fingerprint density at radius 3 is 3.05 bits per heavy atom. The number of rotatable bonds is 4. The van der Waals surface area contributed by atoms with E-state index in [2.05, 4.69) is 40.0 Å². The number of hydrogen-bond acceptors (Lipinski definition) is 4. The lowest BCUT2D eigenvalue weighted by Crippen LogP contribution is -2.37. The van der Waals surface area contributed by atoms with Gasteiger partial charge in [-0.1, -0.05) is 17.8 Å². The van der Waals surface area contributed by atoms with Crippen LogP contribution in [0.25, 0.3) is 11.0 Å². The van der Waals surface area contributed by atoms with Crippen LogP contribution in [0.15, 0.2) is 23.4 Å². The van der Waals surface area contributed by atoms with E-state index >= 15 is 0 Å². The third-order valence-electron chi connectivity index (χ3n) is 3.37. The first kappa shape index (κ1) is 13.0. The Morgan fingerprint density at radius 1 is 1.37 bits per heavy atom. The van der Waals surface area contributed by atoms with Crippen LogP contribution >= 0.6 is 11.8 Å². The van der Waals surface area contributed by atoms with E-state index in [1.165, 1.54) is 5.56 Å². The first-order valence-corrected chi connectivity index (χ1v) is 7.69. The van der Waals surface area contributed by atoms with Crippen LogP contribution in [0.5, 0.6) is 0 Å². The highest BCUT2D eigenvalue weighted by molar-refractivity contribution is 7.99. The van der Waals surface area contributed by atoms with E-state index in [-0.39, 0.29) is 0 Å². The highest BCUT2D eigenvalue weighted by Gasteiger charge is 2.10. The molecule has 0 atom stereocenters. The summed E-state index contributed by atoms with van der Waals surface area (Å²) >= 11 is 1.80. The highest BCUT2D eigenvalue weighted by Crippen LogP contribution is 2.20. The van der Waals surface area contributed by atoms with Crippen molar-refractivity contribution in [3.8, 4) is 0 Å². The fourth-order valence-corrected chi connectivity index (χ4v) is 3.15. The Bertz CT molecular complexity index is 549. The maximum Gasteiger partial charge on any atom is 0.166 e. The Kier molecular flexibility index (Phi) is 4.06. The summed E-state index contributed by atoms with van der Waals surface area (Å²) < 4.78 is 5.35. The standard InChI is InChI=1S/C14H19N3OS/c1-11-2-3-12-13(10-11)16-14(15-12)19-9-6-17-4-7-18-8-5-17/h2-3,10H,4-9H2,1H3,(H,15,16). The summed E-state index contributed by atoms with van der Waals surface area (Å²) in [5.41, 5.74) is 3.45. The second kappa shape index (κ2) is 5.94. The van der Waals surface area contributed by atoms with Gasteiger partial charge in [0.05, 0.1) is 24.2 Å². The van der Waals surface area contributed by atoms with Crippen molar-refractivity contribution in [2.45, 2.75) is 12.1 Å². The topological polar surface area (TPSA) is 41.2 Å². The molecule has 0 radical (unpaired) electrons. The van der Waals surface area contributed by atoms with Gasteiger partial charge in [0.2, 0.25) is 0 Å². The maximum absolute atomic E-state index is 5.35. The molecule has 1 aliphatic heterocycles. The summed E-state index contributed by atoms with van der Waals surface area (Å²) in [5, 5.41) is 1.02. The molecule has 102 valence electrons. The number of nitrogens with one attached hydrogen (secondary N) is 1. The molecule has 0 unspecified atom stereocenters. The van der Waals surface area contributed by atoms with Gasteiger partial charge in [0.1, 0.15) is 0 Å². The molecule has 1 aromatic carbocycles. The molecule has 0 aliphatic carbocycles. The van der Waals surface area contributed by atoms with Crippen molar-refractivity contribution < 1.29 is 4.74 Å². The Morgan fingerprint density at radius 2 is 2.21 bits per heavy atom. The number of thioether (sulfide) groups is 1. The van der Waals surface area contributed by atoms with Crippen molar-refractivity contribution in [3.05, 3.63) is 23.8 Å². The largest absolute Gasteiger partial charge is 0.379 e. The fourth-order valence-electron chi connectivity index (χ4n) is 2.26. The van der Waals surface area contributed by atoms with E-state index in [1.807, 2.05) is 0 Å². The minimum absolute atomic E-state index is 0.870. The SMILES string of the molecule is Cc1ccc2nc(SCCN3CCOCC3)[nH]c2c1. The van der Waals surface area contributed by atoms with Crippen LogP contribution in [0.4, 0.5) is 0 Å². The molecule has 2 heterocycles. The third-order valence-corrected chi connectivity index (χ3v) is 4.22. The third kappa shape index (κ3) is 3.29. The van der Waals surface area contributed by atoms with E-state index in [0.29, 0.717) is 0 Å². The lowest BCUT2D eigenvalue weighted by Gasteiger charge is -2.26. The minimum Gasteiger partial charge on any atom is -0.379 e. The van der Waals surface area contributed by atoms with E-state index < -0.39 is 0 Å². The van der Waals surface area contributed by atoms with Gasteiger partial charge in [-0.3, -0.25) is 4.90 Å².